The molecule has 3 heteroatoms. The molecular formula is C14H23N3. The van der Waals surface area contributed by atoms with E-state index in [1.54, 1.807) is 0 Å². The van der Waals surface area contributed by atoms with Gasteiger partial charge in [0.05, 0.1) is 5.69 Å². The molecule has 1 aromatic heterocycles. The first-order chi connectivity index (χ1) is 8.17. The number of likely N-dealkylation sites (tertiary alicyclic amines) is 1. The molecule has 1 aliphatic rings. The summed E-state index contributed by atoms with van der Waals surface area (Å²) in [6, 6.07) is 5.89. The third kappa shape index (κ3) is 2.78. The number of nitrogens with zero attached hydrogens (tertiary/aromatic N) is 2. The SMILES string of the molecule is CCC1(CC)CCN(Cc2cccc(N)n2)C1. The summed E-state index contributed by atoms with van der Waals surface area (Å²) in [5, 5.41) is 0. The Hall–Kier alpha value is -1.09. The Kier molecular flexibility index (Phi) is 3.67. The van der Waals surface area contributed by atoms with Crippen molar-refractivity contribution in [3.05, 3.63) is 23.9 Å². The van der Waals surface area contributed by atoms with Gasteiger partial charge in [-0.2, -0.15) is 0 Å². The van der Waals surface area contributed by atoms with Crippen LogP contribution in [0.15, 0.2) is 18.2 Å². The van der Waals surface area contributed by atoms with E-state index in [0.717, 1.165) is 12.2 Å². The molecule has 0 unspecified atom stereocenters. The lowest BCUT2D eigenvalue weighted by Gasteiger charge is -2.26. The van der Waals surface area contributed by atoms with Gasteiger partial charge in [0.15, 0.2) is 0 Å². The second kappa shape index (κ2) is 5.05. The standard InChI is InChI=1S/C14H23N3/c1-3-14(4-2)8-9-17(11-14)10-12-6-5-7-13(15)16-12/h5-7H,3-4,8-11H2,1-2H3,(H2,15,16). The zero-order chi connectivity index (χ0) is 12.3. The van der Waals surface area contributed by atoms with Gasteiger partial charge in [-0.25, -0.2) is 4.98 Å². The van der Waals surface area contributed by atoms with Gasteiger partial charge in [-0.15, -0.1) is 0 Å². The molecule has 2 rings (SSSR count). The molecule has 1 aliphatic heterocycles. The average molecular weight is 233 g/mol. The van der Waals surface area contributed by atoms with Crippen LogP contribution >= 0.6 is 0 Å². The van der Waals surface area contributed by atoms with Crippen molar-refractivity contribution in [2.45, 2.75) is 39.7 Å². The van der Waals surface area contributed by atoms with E-state index < -0.39 is 0 Å². The summed E-state index contributed by atoms with van der Waals surface area (Å²) in [6.07, 6.45) is 3.89. The van der Waals surface area contributed by atoms with Crippen LogP contribution in [0.3, 0.4) is 0 Å². The highest BCUT2D eigenvalue weighted by atomic mass is 15.2. The summed E-state index contributed by atoms with van der Waals surface area (Å²) in [4.78, 5) is 6.88. The molecule has 0 amide bonds. The van der Waals surface area contributed by atoms with Crippen molar-refractivity contribution in [2.24, 2.45) is 5.41 Å². The third-order valence-corrected chi connectivity index (χ3v) is 4.23. The minimum absolute atomic E-state index is 0.542. The predicted octanol–water partition coefficient (Wildman–Crippen LogP) is 2.68. The van der Waals surface area contributed by atoms with Gasteiger partial charge in [0.25, 0.3) is 0 Å². The average Bonchev–Trinajstić information content (AvgIpc) is 2.73. The largest absolute Gasteiger partial charge is 0.384 e. The van der Waals surface area contributed by atoms with Gasteiger partial charge in [-0.3, -0.25) is 4.90 Å². The first kappa shape index (κ1) is 12.4. The molecule has 1 fully saturated rings. The quantitative estimate of drug-likeness (QED) is 0.869. The molecule has 0 saturated carbocycles. The van der Waals surface area contributed by atoms with Gasteiger partial charge in [0, 0.05) is 13.1 Å². The Morgan fingerprint density at radius 1 is 1.35 bits per heavy atom. The van der Waals surface area contributed by atoms with E-state index in [0.29, 0.717) is 11.2 Å². The lowest BCUT2D eigenvalue weighted by molar-refractivity contribution is 0.235. The Morgan fingerprint density at radius 3 is 2.71 bits per heavy atom. The summed E-state index contributed by atoms with van der Waals surface area (Å²) in [5.41, 5.74) is 7.34. The smallest absolute Gasteiger partial charge is 0.123 e. The van der Waals surface area contributed by atoms with E-state index in [1.807, 2.05) is 12.1 Å². The fourth-order valence-electron chi connectivity index (χ4n) is 2.81. The summed E-state index contributed by atoms with van der Waals surface area (Å²) >= 11 is 0. The second-order valence-corrected chi connectivity index (χ2v) is 5.22. The van der Waals surface area contributed by atoms with Gasteiger partial charge >= 0.3 is 0 Å². The Morgan fingerprint density at radius 2 is 2.12 bits per heavy atom. The zero-order valence-corrected chi connectivity index (χ0v) is 10.9. The van der Waals surface area contributed by atoms with Crippen LogP contribution in [0.5, 0.6) is 0 Å². The number of pyridine rings is 1. The van der Waals surface area contributed by atoms with Crippen LogP contribution in [0.2, 0.25) is 0 Å². The molecule has 1 saturated heterocycles. The summed E-state index contributed by atoms with van der Waals surface area (Å²) < 4.78 is 0. The molecule has 3 nitrogen and oxygen atoms in total. The first-order valence-electron chi connectivity index (χ1n) is 6.61. The van der Waals surface area contributed by atoms with E-state index in [2.05, 4.69) is 29.8 Å². The van der Waals surface area contributed by atoms with Crippen molar-refractivity contribution in [3.8, 4) is 0 Å². The van der Waals surface area contributed by atoms with Crippen molar-refractivity contribution in [3.63, 3.8) is 0 Å². The highest BCUT2D eigenvalue weighted by Gasteiger charge is 2.34. The fraction of sp³-hybridized carbons (Fsp3) is 0.643. The van der Waals surface area contributed by atoms with Crippen molar-refractivity contribution >= 4 is 5.82 Å². The molecule has 1 aromatic rings. The number of anilines is 1. The van der Waals surface area contributed by atoms with Crippen molar-refractivity contribution in [1.29, 1.82) is 0 Å². The third-order valence-electron chi connectivity index (χ3n) is 4.23. The highest BCUT2D eigenvalue weighted by Crippen LogP contribution is 2.37. The molecule has 0 radical (unpaired) electrons. The number of aromatic nitrogens is 1. The van der Waals surface area contributed by atoms with Crippen molar-refractivity contribution in [2.75, 3.05) is 18.8 Å². The second-order valence-electron chi connectivity index (χ2n) is 5.22. The molecule has 0 aliphatic carbocycles. The Bertz CT molecular complexity index is 371. The normalized spacial score (nSPS) is 19.6. The molecule has 94 valence electrons. The van der Waals surface area contributed by atoms with Gasteiger partial charge in [0.2, 0.25) is 0 Å². The van der Waals surface area contributed by atoms with E-state index in [9.17, 15) is 0 Å². The maximum atomic E-state index is 5.71. The van der Waals surface area contributed by atoms with E-state index in [1.165, 1.54) is 32.4 Å². The van der Waals surface area contributed by atoms with E-state index in [-0.39, 0.29) is 0 Å². The van der Waals surface area contributed by atoms with Gasteiger partial charge in [0.1, 0.15) is 5.82 Å². The molecule has 0 spiro atoms. The number of nitrogens with two attached hydrogens (primary N) is 1. The summed E-state index contributed by atoms with van der Waals surface area (Å²) in [5.74, 6) is 0.624. The molecule has 0 atom stereocenters. The molecule has 2 heterocycles. The van der Waals surface area contributed by atoms with Gasteiger partial charge < -0.3 is 5.73 Å². The monoisotopic (exact) mass is 233 g/mol. The number of nitrogen functional groups attached to an aromatic ring is 1. The van der Waals surface area contributed by atoms with Crippen LogP contribution in [0.25, 0.3) is 0 Å². The molecule has 0 aromatic carbocycles. The topological polar surface area (TPSA) is 42.1 Å². The van der Waals surface area contributed by atoms with E-state index >= 15 is 0 Å². The Labute approximate surface area is 104 Å². The summed E-state index contributed by atoms with van der Waals surface area (Å²) in [6.45, 7) is 7.96. The van der Waals surface area contributed by atoms with Gasteiger partial charge in [-0.05, 0) is 43.4 Å². The van der Waals surface area contributed by atoms with E-state index in [4.69, 9.17) is 5.73 Å². The highest BCUT2D eigenvalue weighted by molar-refractivity contribution is 5.28. The number of rotatable bonds is 4. The van der Waals surface area contributed by atoms with Gasteiger partial charge in [-0.1, -0.05) is 19.9 Å². The lowest BCUT2D eigenvalue weighted by atomic mass is 9.82. The van der Waals surface area contributed by atoms with Crippen LogP contribution in [-0.4, -0.2) is 23.0 Å². The molecule has 17 heavy (non-hydrogen) atoms. The van der Waals surface area contributed by atoms with Crippen LogP contribution in [0.1, 0.15) is 38.8 Å². The first-order valence-corrected chi connectivity index (χ1v) is 6.61. The minimum Gasteiger partial charge on any atom is -0.384 e. The minimum atomic E-state index is 0.542. The van der Waals surface area contributed by atoms with Crippen LogP contribution < -0.4 is 5.73 Å². The zero-order valence-electron chi connectivity index (χ0n) is 10.9. The summed E-state index contributed by atoms with van der Waals surface area (Å²) in [7, 11) is 0. The van der Waals surface area contributed by atoms with Crippen molar-refractivity contribution < 1.29 is 0 Å². The Balaban J connectivity index is 1.98. The van der Waals surface area contributed by atoms with Crippen molar-refractivity contribution in [1.82, 2.24) is 9.88 Å². The lowest BCUT2D eigenvalue weighted by Crippen LogP contribution is -2.26. The molecular weight excluding hydrogens is 210 g/mol. The molecule has 0 bridgehead atoms. The molecule has 2 N–H and O–H groups in total. The van der Waals surface area contributed by atoms with Crippen LogP contribution in [0.4, 0.5) is 5.82 Å². The number of hydrogen-bond acceptors (Lipinski definition) is 3. The predicted molar refractivity (Wildman–Crippen MR) is 71.6 cm³/mol. The maximum absolute atomic E-state index is 5.71. The maximum Gasteiger partial charge on any atom is 0.123 e. The fourth-order valence-corrected chi connectivity index (χ4v) is 2.81. The van der Waals surface area contributed by atoms with Crippen LogP contribution in [0, 0.1) is 5.41 Å². The number of hydrogen-bond donors (Lipinski definition) is 1. The van der Waals surface area contributed by atoms with Crippen LogP contribution in [-0.2, 0) is 6.54 Å².